The van der Waals surface area contributed by atoms with Gasteiger partial charge in [-0.1, -0.05) is 30.3 Å². The van der Waals surface area contributed by atoms with Gasteiger partial charge in [0.1, 0.15) is 13.2 Å². The summed E-state index contributed by atoms with van der Waals surface area (Å²) in [6.45, 7) is 0.222. The molecule has 162 valence electrons. The molecule has 8 heteroatoms. The molecule has 0 aliphatic carbocycles. The Bertz CT molecular complexity index is 1080. The highest BCUT2D eigenvalue weighted by Gasteiger charge is 2.29. The van der Waals surface area contributed by atoms with Gasteiger partial charge in [0, 0.05) is 11.4 Å². The van der Waals surface area contributed by atoms with Crippen molar-refractivity contribution in [2.75, 3.05) is 23.8 Å². The van der Waals surface area contributed by atoms with Crippen LogP contribution in [0.25, 0.3) is 0 Å². The third kappa shape index (κ3) is 4.15. The van der Waals surface area contributed by atoms with E-state index in [1.165, 1.54) is 0 Å². The molecule has 0 bridgehead atoms. The number of carbonyl (C=O) groups is 2. The summed E-state index contributed by atoms with van der Waals surface area (Å²) in [6, 6.07) is 21.2. The van der Waals surface area contributed by atoms with Crippen LogP contribution in [0.2, 0.25) is 0 Å². The summed E-state index contributed by atoms with van der Waals surface area (Å²) in [5, 5.41) is 5.59. The van der Waals surface area contributed by atoms with Crippen molar-refractivity contribution in [3.63, 3.8) is 0 Å². The molecule has 2 N–H and O–H groups in total. The minimum atomic E-state index is -0.781. The van der Waals surface area contributed by atoms with E-state index in [-0.39, 0.29) is 25.0 Å². The summed E-state index contributed by atoms with van der Waals surface area (Å²) >= 11 is 0. The molecule has 0 fully saturated rings. The second kappa shape index (κ2) is 8.50. The summed E-state index contributed by atoms with van der Waals surface area (Å²) in [5.74, 6) is 1.58. The van der Waals surface area contributed by atoms with Gasteiger partial charge in [0.05, 0.1) is 0 Å². The van der Waals surface area contributed by atoms with E-state index >= 15 is 0 Å². The Morgan fingerprint density at radius 3 is 1.53 bits per heavy atom. The third-order valence-electron chi connectivity index (χ3n) is 5.00. The molecule has 8 nitrogen and oxygen atoms in total. The van der Waals surface area contributed by atoms with Crippen molar-refractivity contribution in [1.29, 1.82) is 0 Å². The zero-order valence-corrected chi connectivity index (χ0v) is 16.9. The zero-order chi connectivity index (χ0) is 21.9. The number of hydrogen-bond acceptors (Lipinski definition) is 6. The summed E-state index contributed by atoms with van der Waals surface area (Å²) in [6.07, 6.45) is -1.56. The van der Waals surface area contributed by atoms with Gasteiger partial charge in [0.15, 0.2) is 23.0 Å². The maximum absolute atomic E-state index is 12.6. The molecule has 5 rings (SSSR count). The first-order valence-corrected chi connectivity index (χ1v) is 10.1. The molecule has 0 saturated heterocycles. The van der Waals surface area contributed by atoms with Gasteiger partial charge in [0.2, 0.25) is 12.2 Å². The smallest absolute Gasteiger partial charge is 0.269 e. The standard InChI is InChI=1S/C24H20N2O6/c27-23(21-13-29-17-8-1-3-10-19(17)31-21)25-15-6-5-7-16(12-15)26-24(28)22-14-30-18-9-2-4-11-20(18)32-22/h1-12,21-22H,13-14H2,(H,25,27)(H,26,28). The van der Waals surface area contributed by atoms with Gasteiger partial charge in [-0.05, 0) is 42.5 Å². The molecule has 3 aromatic carbocycles. The molecule has 32 heavy (non-hydrogen) atoms. The average molecular weight is 432 g/mol. The van der Waals surface area contributed by atoms with Crippen molar-refractivity contribution < 1.29 is 28.5 Å². The lowest BCUT2D eigenvalue weighted by Gasteiger charge is -2.26. The monoisotopic (exact) mass is 432 g/mol. The molecule has 2 unspecified atom stereocenters. The van der Waals surface area contributed by atoms with E-state index in [4.69, 9.17) is 18.9 Å². The fourth-order valence-electron chi connectivity index (χ4n) is 3.42. The molecule has 0 aromatic heterocycles. The van der Waals surface area contributed by atoms with Crippen LogP contribution in [-0.2, 0) is 9.59 Å². The molecule has 2 atom stereocenters. The van der Waals surface area contributed by atoms with Crippen molar-refractivity contribution in [1.82, 2.24) is 0 Å². The Morgan fingerprint density at radius 2 is 1.06 bits per heavy atom. The first-order chi connectivity index (χ1) is 15.7. The lowest BCUT2D eigenvalue weighted by atomic mass is 10.2. The maximum Gasteiger partial charge on any atom is 0.269 e. The van der Waals surface area contributed by atoms with E-state index in [2.05, 4.69) is 10.6 Å². The van der Waals surface area contributed by atoms with Gasteiger partial charge in [-0.3, -0.25) is 9.59 Å². The zero-order valence-electron chi connectivity index (χ0n) is 16.9. The highest BCUT2D eigenvalue weighted by atomic mass is 16.6. The van der Waals surface area contributed by atoms with E-state index in [1.54, 1.807) is 48.5 Å². The first kappa shape index (κ1) is 19.7. The van der Waals surface area contributed by atoms with E-state index in [9.17, 15) is 9.59 Å². The predicted molar refractivity (Wildman–Crippen MR) is 116 cm³/mol. The fraction of sp³-hybridized carbons (Fsp3) is 0.167. The van der Waals surface area contributed by atoms with E-state index in [0.29, 0.717) is 34.4 Å². The van der Waals surface area contributed by atoms with Gasteiger partial charge >= 0.3 is 0 Å². The molecule has 0 spiro atoms. The highest BCUT2D eigenvalue weighted by molar-refractivity contribution is 5.97. The molecule has 2 amide bonds. The largest absolute Gasteiger partial charge is 0.485 e. The van der Waals surface area contributed by atoms with Crippen LogP contribution in [0.3, 0.4) is 0 Å². The number of benzene rings is 3. The summed E-state index contributed by atoms with van der Waals surface area (Å²) in [4.78, 5) is 25.3. The van der Waals surface area contributed by atoms with Crippen LogP contribution in [-0.4, -0.2) is 37.2 Å². The Hall–Kier alpha value is -4.20. The van der Waals surface area contributed by atoms with Gasteiger partial charge in [-0.25, -0.2) is 0 Å². The lowest BCUT2D eigenvalue weighted by Crippen LogP contribution is -2.40. The van der Waals surface area contributed by atoms with Gasteiger partial charge in [-0.2, -0.15) is 0 Å². The minimum absolute atomic E-state index is 0.111. The van der Waals surface area contributed by atoms with Crippen LogP contribution in [0.15, 0.2) is 72.8 Å². The van der Waals surface area contributed by atoms with Crippen molar-refractivity contribution >= 4 is 23.2 Å². The average Bonchev–Trinajstić information content (AvgIpc) is 2.83. The van der Waals surface area contributed by atoms with E-state index in [0.717, 1.165) is 0 Å². The number of ether oxygens (including phenoxy) is 4. The number of anilines is 2. The van der Waals surface area contributed by atoms with Crippen molar-refractivity contribution in [3.05, 3.63) is 72.8 Å². The summed E-state index contributed by atoms with van der Waals surface area (Å²) < 4.78 is 22.7. The Kier molecular flexibility index (Phi) is 5.25. The number of amides is 2. The molecule has 2 aliphatic heterocycles. The summed E-state index contributed by atoms with van der Waals surface area (Å²) in [7, 11) is 0. The first-order valence-electron chi connectivity index (χ1n) is 10.1. The number of fused-ring (bicyclic) bond motifs is 2. The number of nitrogens with one attached hydrogen (secondary N) is 2. The molecule has 2 heterocycles. The number of hydrogen-bond donors (Lipinski definition) is 2. The van der Waals surface area contributed by atoms with Gasteiger partial charge in [0.25, 0.3) is 11.8 Å². The fourth-order valence-corrected chi connectivity index (χ4v) is 3.42. The van der Waals surface area contributed by atoms with Crippen molar-refractivity contribution in [2.24, 2.45) is 0 Å². The molecule has 0 saturated carbocycles. The molecular formula is C24H20N2O6. The van der Waals surface area contributed by atoms with Crippen LogP contribution in [0.1, 0.15) is 0 Å². The van der Waals surface area contributed by atoms with Crippen LogP contribution in [0.4, 0.5) is 11.4 Å². The lowest BCUT2D eigenvalue weighted by molar-refractivity contribution is -0.125. The highest BCUT2D eigenvalue weighted by Crippen LogP contribution is 2.32. The Labute approximate surface area is 184 Å². The number of rotatable bonds is 4. The van der Waals surface area contributed by atoms with Crippen LogP contribution >= 0.6 is 0 Å². The minimum Gasteiger partial charge on any atom is -0.485 e. The SMILES string of the molecule is O=C(Nc1cccc(NC(=O)C2COc3ccccc3O2)c1)C1COc2ccccc2O1. The van der Waals surface area contributed by atoms with Crippen LogP contribution in [0, 0.1) is 0 Å². The maximum atomic E-state index is 12.6. The third-order valence-corrected chi connectivity index (χ3v) is 5.00. The number of carbonyl (C=O) groups excluding carboxylic acids is 2. The van der Waals surface area contributed by atoms with Crippen LogP contribution < -0.4 is 29.6 Å². The van der Waals surface area contributed by atoms with Crippen LogP contribution in [0.5, 0.6) is 23.0 Å². The molecule has 2 aliphatic rings. The quantitative estimate of drug-likeness (QED) is 0.657. The number of para-hydroxylation sites is 4. The second-order valence-corrected chi connectivity index (χ2v) is 7.29. The van der Waals surface area contributed by atoms with Crippen molar-refractivity contribution in [2.45, 2.75) is 12.2 Å². The van der Waals surface area contributed by atoms with Gasteiger partial charge < -0.3 is 29.6 Å². The summed E-state index contributed by atoms with van der Waals surface area (Å²) in [5.41, 5.74) is 1.03. The molecular weight excluding hydrogens is 412 g/mol. The normalized spacial score (nSPS) is 18.4. The topological polar surface area (TPSA) is 95.1 Å². The van der Waals surface area contributed by atoms with E-state index < -0.39 is 12.2 Å². The Balaban J connectivity index is 1.20. The second-order valence-electron chi connectivity index (χ2n) is 7.29. The Morgan fingerprint density at radius 1 is 0.625 bits per heavy atom. The predicted octanol–water partition coefficient (Wildman–Crippen LogP) is 3.24. The van der Waals surface area contributed by atoms with Crippen molar-refractivity contribution in [3.8, 4) is 23.0 Å². The van der Waals surface area contributed by atoms with Gasteiger partial charge in [-0.15, -0.1) is 0 Å². The molecule has 0 radical (unpaired) electrons. The van der Waals surface area contributed by atoms with E-state index in [1.807, 2.05) is 24.3 Å². The molecule has 3 aromatic rings.